The lowest BCUT2D eigenvalue weighted by molar-refractivity contribution is -0.385. The molecule has 22 heavy (non-hydrogen) atoms. The first-order valence-electron chi connectivity index (χ1n) is 6.78. The van der Waals surface area contributed by atoms with Crippen molar-refractivity contribution in [3.8, 4) is 0 Å². The Morgan fingerprint density at radius 2 is 1.86 bits per heavy atom. The lowest BCUT2D eigenvalue weighted by atomic mass is 10.1. The van der Waals surface area contributed by atoms with Gasteiger partial charge in [-0.2, -0.15) is 0 Å². The zero-order valence-electron chi connectivity index (χ0n) is 12.1. The lowest BCUT2D eigenvalue weighted by Gasteiger charge is -2.21. The van der Waals surface area contributed by atoms with Crippen molar-refractivity contribution in [3.63, 3.8) is 0 Å². The van der Waals surface area contributed by atoms with Crippen LogP contribution in [0.1, 0.15) is 16.8 Å². The lowest BCUT2D eigenvalue weighted by Crippen LogP contribution is -2.37. The summed E-state index contributed by atoms with van der Waals surface area (Å²) >= 11 is 0. The molecule has 0 atom stereocenters. The van der Waals surface area contributed by atoms with Gasteiger partial charge in [0.05, 0.1) is 11.2 Å². The van der Waals surface area contributed by atoms with Crippen molar-refractivity contribution in [1.82, 2.24) is 9.21 Å². The highest BCUT2D eigenvalue weighted by atomic mass is 32.2. The molecule has 1 aromatic carbocycles. The zero-order valence-corrected chi connectivity index (χ0v) is 13.0. The molecule has 0 aliphatic carbocycles. The molecule has 0 unspecified atom stereocenters. The van der Waals surface area contributed by atoms with Crippen LogP contribution in [-0.4, -0.2) is 60.9 Å². The molecule has 1 saturated heterocycles. The second-order valence-corrected chi connectivity index (χ2v) is 7.06. The maximum Gasteiger partial charge on any atom is 0.282 e. The molecular weight excluding hydrogens is 310 g/mol. The summed E-state index contributed by atoms with van der Waals surface area (Å²) < 4.78 is 24.4. The maximum absolute atomic E-state index is 12.5. The summed E-state index contributed by atoms with van der Waals surface area (Å²) in [6.45, 7) is 1.14. The number of carbonyl (C=O) groups is 1. The van der Waals surface area contributed by atoms with Gasteiger partial charge in [-0.25, -0.2) is 12.7 Å². The number of nitro benzene ring substituents is 1. The van der Waals surface area contributed by atoms with E-state index in [1.807, 2.05) is 0 Å². The number of rotatable bonds is 3. The number of nitrogens with zero attached hydrogens (tertiary/aromatic N) is 3. The first kappa shape index (κ1) is 16.4. The fourth-order valence-electron chi connectivity index (χ4n) is 2.41. The maximum atomic E-state index is 12.5. The van der Waals surface area contributed by atoms with Gasteiger partial charge in [0.25, 0.3) is 11.6 Å². The monoisotopic (exact) mass is 327 g/mol. The third-order valence-corrected chi connectivity index (χ3v) is 4.85. The number of nitro groups is 1. The molecule has 0 radical (unpaired) electrons. The summed E-state index contributed by atoms with van der Waals surface area (Å²) in [6.07, 6.45) is 1.63. The summed E-state index contributed by atoms with van der Waals surface area (Å²) in [4.78, 5) is 24.4. The van der Waals surface area contributed by atoms with Gasteiger partial charge in [0.1, 0.15) is 5.56 Å². The SMILES string of the molecule is CS(=O)(=O)N1CCCN(C(=O)c2ccccc2[N+](=O)[O-])CC1. The van der Waals surface area contributed by atoms with E-state index < -0.39 is 20.9 Å². The summed E-state index contributed by atoms with van der Waals surface area (Å²) in [5.41, 5.74) is -0.211. The van der Waals surface area contributed by atoms with Gasteiger partial charge < -0.3 is 4.90 Å². The van der Waals surface area contributed by atoms with E-state index >= 15 is 0 Å². The van der Waals surface area contributed by atoms with Gasteiger partial charge in [-0.15, -0.1) is 0 Å². The van der Waals surface area contributed by atoms with Crippen LogP contribution < -0.4 is 0 Å². The normalized spacial score (nSPS) is 17.0. The zero-order chi connectivity index (χ0) is 16.3. The number of benzene rings is 1. The first-order valence-corrected chi connectivity index (χ1v) is 8.63. The summed E-state index contributed by atoms with van der Waals surface area (Å²) in [6, 6.07) is 5.77. The van der Waals surface area contributed by atoms with Crippen molar-refractivity contribution in [2.45, 2.75) is 6.42 Å². The minimum absolute atomic E-state index is 0.0281. The highest BCUT2D eigenvalue weighted by Crippen LogP contribution is 2.20. The predicted molar refractivity (Wildman–Crippen MR) is 80.0 cm³/mol. The molecule has 1 aliphatic rings. The molecule has 0 saturated carbocycles. The van der Waals surface area contributed by atoms with E-state index in [0.717, 1.165) is 6.26 Å². The Bertz CT molecular complexity index is 689. The number of sulfonamides is 1. The third kappa shape index (κ3) is 3.60. The molecule has 120 valence electrons. The third-order valence-electron chi connectivity index (χ3n) is 3.54. The van der Waals surface area contributed by atoms with Gasteiger partial charge in [-0.3, -0.25) is 14.9 Å². The molecule has 1 aliphatic heterocycles. The average Bonchev–Trinajstić information content (AvgIpc) is 2.72. The van der Waals surface area contributed by atoms with E-state index in [4.69, 9.17) is 0 Å². The van der Waals surface area contributed by atoms with Crippen LogP contribution in [0.2, 0.25) is 0 Å². The molecule has 1 aromatic rings. The Kier molecular flexibility index (Phi) is 4.77. The van der Waals surface area contributed by atoms with Crippen LogP contribution in [0.4, 0.5) is 5.69 Å². The van der Waals surface area contributed by atoms with Crippen molar-refractivity contribution in [2.24, 2.45) is 0 Å². The van der Waals surface area contributed by atoms with Gasteiger partial charge in [0.2, 0.25) is 10.0 Å². The number of hydrogen-bond acceptors (Lipinski definition) is 5. The second-order valence-electron chi connectivity index (χ2n) is 5.08. The Balaban J connectivity index is 2.19. The highest BCUT2D eigenvalue weighted by molar-refractivity contribution is 7.88. The van der Waals surface area contributed by atoms with E-state index in [-0.39, 0.29) is 24.3 Å². The molecule has 0 bridgehead atoms. The summed E-state index contributed by atoms with van der Waals surface area (Å²) in [5, 5.41) is 11.0. The minimum atomic E-state index is -3.30. The second kappa shape index (κ2) is 6.41. The predicted octanol–water partition coefficient (Wildman–Crippen LogP) is 0.702. The van der Waals surface area contributed by atoms with Gasteiger partial charge in [-0.05, 0) is 12.5 Å². The molecule has 1 amide bonds. The standard InChI is InChI=1S/C13H17N3O5S/c1-22(20,21)15-8-4-7-14(9-10-15)13(17)11-5-2-3-6-12(11)16(18)19/h2-3,5-6H,4,7-10H2,1H3. The Morgan fingerprint density at radius 3 is 2.50 bits per heavy atom. The van der Waals surface area contributed by atoms with E-state index in [1.54, 1.807) is 6.07 Å². The molecule has 9 heteroatoms. The highest BCUT2D eigenvalue weighted by Gasteiger charge is 2.27. The van der Waals surface area contributed by atoms with E-state index in [9.17, 15) is 23.3 Å². The van der Waals surface area contributed by atoms with Crippen molar-refractivity contribution in [3.05, 3.63) is 39.9 Å². The molecule has 2 rings (SSSR count). The van der Waals surface area contributed by atoms with Crippen molar-refractivity contribution in [1.29, 1.82) is 0 Å². The van der Waals surface area contributed by atoms with Crippen LogP contribution >= 0.6 is 0 Å². The number of amides is 1. The molecular formula is C13H17N3O5S. The van der Waals surface area contributed by atoms with Crippen molar-refractivity contribution in [2.75, 3.05) is 32.4 Å². The minimum Gasteiger partial charge on any atom is -0.337 e. The Hall–Kier alpha value is -2.00. The van der Waals surface area contributed by atoms with Gasteiger partial charge >= 0.3 is 0 Å². The molecule has 0 aromatic heterocycles. The Morgan fingerprint density at radius 1 is 1.18 bits per heavy atom. The van der Waals surface area contributed by atoms with E-state index in [0.29, 0.717) is 19.5 Å². The van der Waals surface area contributed by atoms with E-state index in [2.05, 4.69) is 0 Å². The molecule has 1 fully saturated rings. The van der Waals surface area contributed by atoms with Crippen LogP contribution in [0.5, 0.6) is 0 Å². The summed E-state index contributed by atoms with van der Waals surface area (Å²) in [7, 11) is -3.30. The fraction of sp³-hybridized carbons (Fsp3) is 0.462. The number of hydrogen-bond donors (Lipinski definition) is 0. The van der Waals surface area contributed by atoms with Crippen LogP contribution in [0, 0.1) is 10.1 Å². The van der Waals surface area contributed by atoms with Crippen molar-refractivity contribution < 1.29 is 18.1 Å². The van der Waals surface area contributed by atoms with Gasteiger partial charge in [-0.1, -0.05) is 12.1 Å². The quantitative estimate of drug-likeness (QED) is 0.601. The molecule has 1 heterocycles. The Labute approximate surface area is 128 Å². The van der Waals surface area contributed by atoms with Crippen LogP contribution in [-0.2, 0) is 10.0 Å². The fourth-order valence-corrected chi connectivity index (χ4v) is 3.29. The van der Waals surface area contributed by atoms with E-state index in [1.165, 1.54) is 27.4 Å². The smallest absolute Gasteiger partial charge is 0.282 e. The number of carbonyl (C=O) groups excluding carboxylic acids is 1. The summed E-state index contributed by atoms with van der Waals surface area (Å²) in [5.74, 6) is -0.442. The van der Waals surface area contributed by atoms with Crippen LogP contribution in [0.3, 0.4) is 0 Å². The van der Waals surface area contributed by atoms with Gasteiger partial charge in [0.15, 0.2) is 0 Å². The molecule has 0 spiro atoms. The van der Waals surface area contributed by atoms with Crippen LogP contribution in [0.25, 0.3) is 0 Å². The first-order chi connectivity index (χ1) is 10.3. The van der Waals surface area contributed by atoms with Crippen molar-refractivity contribution >= 4 is 21.6 Å². The largest absolute Gasteiger partial charge is 0.337 e. The molecule has 8 nitrogen and oxygen atoms in total. The molecule has 0 N–H and O–H groups in total. The number of para-hydroxylation sites is 1. The average molecular weight is 327 g/mol. The topological polar surface area (TPSA) is 101 Å². The van der Waals surface area contributed by atoms with Crippen LogP contribution in [0.15, 0.2) is 24.3 Å². The van der Waals surface area contributed by atoms with Gasteiger partial charge in [0, 0.05) is 32.2 Å².